The molecule has 21 N–H and O–H groups in total. The second kappa shape index (κ2) is 39.8. The monoisotopic (exact) mass is 1400 g/mol. The standard InChI is InChI=1S/C68H94N18O13S/c1-38(2)35-52-65(96)78-47(22-28-69)60(91)77-50(25-31-72)64(95)84-57(39(3)87)67(98)75-33-26-51(63(94)76-48(23-29-70)62(93)82-53(66(97)81-52)36-41-13-7-6-8-14-41)79-61(92)49(24-30-71)80-68(99)58(40(4)88)83-56(89)27-34-86-54-37-43(100-55-17-10-9-16-45(55)59(90)73-5)19-20-44(54)46(85-86)21-18-42-15-11-12-32-74-42/h6-21,32,37-40,47-53,57-58,87-88H,22-31,33-36,69-72H2,1-5H3,(H,73,90)(H,75,98)(H,76,94)(H,77,91)(H,78,96)(H,79,92)(H,80,99)(H,81,97)(H,82,93)(H,83,89)(H,84,95)/b21-18+/t39-,40+,47+,48+,49-,50+,51-,52+,53+,57+,58?/m1/s1. The molecule has 1 unspecified atom stereocenters. The molecule has 11 amide bonds. The summed E-state index contributed by atoms with van der Waals surface area (Å²) in [6, 6.07) is 13.1. The first kappa shape index (κ1) is 79.3. The fourth-order valence-electron chi connectivity index (χ4n) is 10.8. The lowest BCUT2D eigenvalue weighted by atomic mass is 10.00. The number of hydrogen-bond donors (Lipinski definition) is 17. The molecule has 1 aliphatic rings. The highest BCUT2D eigenvalue weighted by molar-refractivity contribution is 7.99. The molecule has 1 fully saturated rings. The van der Waals surface area contributed by atoms with Gasteiger partial charge in [0.15, 0.2) is 0 Å². The van der Waals surface area contributed by atoms with Crippen LogP contribution in [-0.2, 0) is 60.9 Å². The second-order valence-corrected chi connectivity index (χ2v) is 25.6. The predicted molar refractivity (Wildman–Crippen MR) is 374 cm³/mol. The topological polar surface area (TPSA) is 495 Å². The normalized spacial score (nSPS) is 20.6. The average Bonchev–Trinajstić information content (AvgIpc) is 1.62. The van der Waals surface area contributed by atoms with Crippen molar-refractivity contribution in [3.63, 3.8) is 0 Å². The van der Waals surface area contributed by atoms with Crippen molar-refractivity contribution in [3.05, 3.63) is 120 Å². The fraction of sp³-hybridized carbons (Fsp3) is 0.456. The van der Waals surface area contributed by atoms with E-state index < -0.39 is 139 Å². The van der Waals surface area contributed by atoms with Crippen LogP contribution in [0.5, 0.6) is 0 Å². The van der Waals surface area contributed by atoms with Crippen LogP contribution in [-0.4, -0.2) is 196 Å². The van der Waals surface area contributed by atoms with Crippen molar-refractivity contribution in [1.82, 2.24) is 73.2 Å². The minimum Gasteiger partial charge on any atom is -0.391 e. The van der Waals surface area contributed by atoms with Crippen molar-refractivity contribution >= 4 is 99.8 Å². The summed E-state index contributed by atoms with van der Waals surface area (Å²) in [5, 5.41) is 55.9. The average molecular weight is 1400 g/mol. The van der Waals surface area contributed by atoms with Gasteiger partial charge in [-0.15, -0.1) is 0 Å². The number of nitrogens with two attached hydrogens (primary N) is 4. The first-order valence-corrected chi connectivity index (χ1v) is 34.0. The van der Waals surface area contributed by atoms with Gasteiger partial charge < -0.3 is 91.6 Å². The minimum atomic E-state index is -1.70. The van der Waals surface area contributed by atoms with E-state index >= 15 is 0 Å². The van der Waals surface area contributed by atoms with Crippen molar-refractivity contribution in [2.75, 3.05) is 39.8 Å². The molecule has 5 aromatic rings. The van der Waals surface area contributed by atoms with Crippen LogP contribution in [0.25, 0.3) is 23.1 Å². The molecular weight excluding hydrogens is 1310 g/mol. The maximum Gasteiger partial charge on any atom is 0.252 e. The second-order valence-electron chi connectivity index (χ2n) is 24.5. The Hall–Kier alpha value is -9.70. The number of hydrogen-bond acceptors (Lipinski definition) is 20. The zero-order valence-electron chi connectivity index (χ0n) is 56.7. The van der Waals surface area contributed by atoms with Gasteiger partial charge in [-0.3, -0.25) is 62.4 Å². The first-order chi connectivity index (χ1) is 47.9. The number of carbonyl (C=O) groups is 11. The quantitative estimate of drug-likeness (QED) is 0.0266. The Balaban J connectivity index is 1.27. The van der Waals surface area contributed by atoms with Gasteiger partial charge in [-0.2, -0.15) is 5.10 Å². The van der Waals surface area contributed by atoms with Gasteiger partial charge in [0.25, 0.3) is 5.91 Å². The van der Waals surface area contributed by atoms with Crippen LogP contribution in [0.15, 0.2) is 107 Å². The first-order valence-electron chi connectivity index (χ1n) is 33.2. The third-order valence-corrected chi connectivity index (χ3v) is 17.2. The van der Waals surface area contributed by atoms with E-state index in [1.165, 1.54) is 25.6 Å². The summed E-state index contributed by atoms with van der Waals surface area (Å²) >= 11 is 1.35. The predicted octanol–water partition coefficient (Wildman–Crippen LogP) is -2.17. The van der Waals surface area contributed by atoms with Crippen LogP contribution in [0, 0.1) is 5.92 Å². The van der Waals surface area contributed by atoms with Crippen LogP contribution < -0.4 is 81.4 Å². The lowest BCUT2D eigenvalue weighted by Gasteiger charge is -2.28. The zero-order valence-corrected chi connectivity index (χ0v) is 57.5. The van der Waals surface area contributed by atoms with E-state index in [1.807, 2.05) is 42.5 Å². The molecule has 100 heavy (non-hydrogen) atoms. The van der Waals surface area contributed by atoms with E-state index in [-0.39, 0.29) is 89.5 Å². The van der Waals surface area contributed by atoms with Gasteiger partial charge in [-0.05, 0) is 145 Å². The molecule has 0 saturated carbocycles. The third kappa shape index (κ3) is 23.8. The summed E-state index contributed by atoms with van der Waals surface area (Å²) < 4.78 is 1.61. The van der Waals surface area contributed by atoms with Crippen LogP contribution in [0.1, 0.15) is 99.9 Å². The van der Waals surface area contributed by atoms with E-state index in [1.54, 1.807) is 92.5 Å². The van der Waals surface area contributed by atoms with Crippen molar-refractivity contribution in [2.45, 2.75) is 162 Å². The Labute approximate surface area is 583 Å². The molecule has 6 rings (SSSR count). The number of amides is 11. The summed E-state index contributed by atoms with van der Waals surface area (Å²) in [6.45, 7) is 4.81. The number of rotatable bonds is 27. The van der Waals surface area contributed by atoms with Gasteiger partial charge in [0, 0.05) is 47.8 Å². The van der Waals surface area contributed by atoms with Gasteiger partial charge in [-0.1, -0.05) is 74.1 Å². The molecule has 3 heterocycles. The number of aliphatic hydroxyl groups excluding tert-OH is 2. The smallest absolute Gasteiger partial charge is 0.252 e. The lowest BCUT2D eigenvalue weighted by Crippen LogP contribution is -2.61. The van der Waals surface area contributed by atoms with E-state index in [2.05, 4.69) is 63.5 Å². The summed E-state index contributed by atoms with van der Waals surface area (Å²) in [7, 11) is 1.54. The maximum absolute atomic E-state index is 14.7. The molecule has 540 valence electrons. The highest BCUT2D eigenvalue weighted by Crippen LogP contribution is 2.34. The van der Waals surface area contributed by atoms with Gasteiger partial charge in [-0.25, -0.2) is 0 Å². The molecule has 11 atom stereocenters. The highest BCUT2D eigenvalue weighted by atomic mass is 32.2. The van der Waals surface area contributed by atoms with E-state index in [0.29, 0.717) is 32.9 Å². The molecule has 31 nitrogen and oxygen atoms in total. The number of benzene rings is 3. The van der Waals surface area contributed by atoms with E-state index in [0.717, 1.165) is 10.3 Å². The molecule has 0 aliphatic carbocycles. The maximum atomic E-state index is 14.7. The van der Waals surface area contributed by atoms with Crippen LogP contribution in [0.4, 0.5) is 0 Å². The molecular formula is C68H94N18O13S. The van der Waals surface area contributed by atoms with Gasteiger partial charge in [0.1, 0.15) is 54.4 Å². The van der Waals surface area contributed by atoms with Crippen LogP contribution >= 0.6 is 11.8 Å². The number of aromatic nitrogens is 3. The van der Waals surface area contributed by atoms with Crippen molar-refractivity contribution < 1.29 is 63.0 Å². The van der Waals surface area contributed by atoms with Crippen LogP contribution in [0.2, 0.25) is 0 Å². The lowest BCUT2D eigenvalue weighted by molar-refractivity contribution is -0.136. The van der Waals surface area contributed by atoms with E-state index in [4.69, 9.17) is 28.0 Å². The van der Waals surface area contributed by atoms with Crippen molar-refractivity contribution in [1.29, 1.82) is 0 Å². The number of carbonyl (C=O) groups excluding carboxylic acids is 11. The Kier molecular flexibility index (Phi) is 31.5. The zero-order chi connectivity index (χ0) is 73.0. The number of aliphatic hydroxyl groups is 2. The Bertz CT molecular complexity index is 3650. The molecule has 0 bridgehead atoms. The summed E-state index contributed by atoms with van der Waals surface area (Å²) in [4.78, 5) is 161. The molecule has 2 aromatic heterocycles. The molecule has 0 spiro atoms. The van der Waals surface area contributed by atoms with Crippen molar-refractivity contribution in [3.8, 4) is 0 Å². The number of nitrogens with zero attached hydrogens (tertiary/aromatic N) is 3. The van der Waals surface area contributed by atoms with Crippen LogP contribution in [0.3, 0.4) is 0 Å². The number of pyridine rings is 1. The number of nitrogens with one attached hydrogen (secondary N) is 11. The van der Waals surface area contributed by atoms with Gasteiger partial charge >= 0.3 is 0 Å². The molecule has 3 aromatic carbocycles. The van der Waals surface area contributed by atoms with Crippen molar-refractivity contribution in [2.24, 2.45) is 28.9 Å². The Morgan fingerprint density at radius 1 is 0.660 bits per heavy atom. The van der Waals surface area contributed by atoms with Gasteiger partial charge in [0.05, 0.1) is 41.2 Å². The third-order valence-electron chi connectivity index (χ3n) is 16.1. The molecule has 1 aliphatic heterocycles. The Morgan fingerprint density at radius 3 is 1.85 bits per heavy atom. The van der Waals surface area contributed by atoms with Gasteiger partial charge in [0.2, 0.25) is 59.1 Å². The molecule has 0 radical (unpaired) electrons. The molecule has 1 saturated heterocycles. The number of aryl methyl sites for hydroxylation is 1. The largest absolute Gasteiger partial charge is 0.391 e. The summed E-state index contributed by atoms with van der Waals surface area (Å²) in [6.07, 6.45) is 0.422. The fourth-order valence-corrected chi connectivity index (χ4v) is 11.8. The van der Waals surface area contributed by atoms with E-state index in [9.17, 15) is 63.0 Å². The summed E-state index contributed by atoms with van der Waals surface area (Å²) in [5.74, 6) is -9.65. The molecule has 32 heteroatoms. The SMILES string of the molecule is CNC(=O)c1ccccc1Sc1ccc2c(/C=C/c3ccccn3)nn(CCC(=O)NC(C(=O)N[C@H](CCN)C(=O)N[C@@H]3CCNC(=O)[C@H]([C@@H](C)O)NC(=O)[C@H](CCN)NC(=O)[C@H](CCN)NC(=O)[C@H](CC(C)C)NC(=O)[C@H](Cc4ccccc4)NC(=O)[C@H](CCN)NC3=O)[C@H](C)O)c2c1. The minimum absolute atomic E-state index is 0.0329. The number of fused-ring (bicyclic) bond motifs is 1. The highest BCUT2D eigenvalue weighted by Gasteiger charge is 2.37. The summed E-state index contributed by atoms with van der Waals surface area (Å²) in [5.41, 5.74) is 26.7. The Morgan fingerprint density at radius 2 is 1.25 bits per heavy atom.